The number of rotatable bonds is 5. The predicted molar refractivity (Wildman–Crippen MR) is 79.2 cm³/mol. The van der Waals surface area contributed by atoms with E-state index in [4.69, 9.17) is 9.47 Å². The van der Waals surface area contributed by atoms with Gasteiger partial charge in [0.1, 0.15) is 5.60 Å². The average Bonchev–Trinajstić information content (AvgIpc) is 2.69. The molecule has 118 valence electrons. The predicted octanol–water partition coefficient (Wildman–Crippen LogP) is 2.39. The first-order chi connectivity index (χ1) is 10.4. The quantitative estimate of drug-likeness (QED) is 0.474. The largest absolute Gasteiger partial charge is 0.465 e. The summed E-state index contributed by atoms with van der Waals surface area (Å²) in [6.07, 6.45) is 0.0617. The van der Waals surface area contributed by atoms with Gasteiger partial charge in [0, 0.05) is 17.9 Å². The Morgan fingerprint density at radius 2 is 1.86 bits per heavy atom. The van der Waals surface area contributed by atoms with E-state index in [-0.39, 0.29) is 18.8 Å². The van der Waals surface area contributed by atoms with Crippen molar-refractivity contribution in [2.75, 3.05) is 6.61 Å². The maximum Gasteiger partial charge on any atom is 0.321 e. The number of hydrogen-bond acceptors (Lipinski definition) is 5. The van der Waals surface area contributed by atoms with Crippen LogP contribution in [0, 0.1) is 11.8 Å². The van der Waals surface area contributed by atoms with Gasteiger partial charge in [0.25, 0.3) is 0 Å². The van der Waals surface area contributed by atoms with E-state index in [0.29, 0.717) is 5.56 Å². The third kappa shape index (κ3) is 3.18. The van der Waals surface area contributed by atoms with Crippen molar-refractivity contribution in [3.63, 3.8) is 0 Å². The second kappa shape index (κ2) is 6.30. The Labute approximate surface area is 129 Å². The zero-order chi connectivity index (χ0) is 16.3. The minimum atomic E-state index is -1.04. The lowest BCUT2D eigenvalue weighted by Gasteiger charge is -2.25. The lowest BCUT2D eigenvalue weighted by molar-refractivity contribution is -0.157. The Morgan fingerprint density at radius 3 is 2.45 bits per heavy atom. The number of cyclic esters (lactones) is 1. The van der Waals surface area contributed by atoms with Crippen LogP contribution < -0.4 is 0 Å². The van der Waals surface area contributed by atoms with Gasteiger partial charge in [-0.1, -0.05) is 30.3 Å². The first-order valence-electron chi connectivity index (χ1n) is 7.34. The summed E-state index contributed by atoms with van der Waals surface area (Å²) in [4.78, 5) is 36.4. The molecule has 1 saturated heterocycles. The van der Waals surface area contributed by atoms with Crippen molar-refractivity contribution in [1.29, 1.82) is 0 Å². The van der Waals surface area contributed by atoms with Gasteiger partial charge < -0.3 is 9.47 Å². The van der Waals surface area contributed by atoms with Gasteiger partial charge >= 0.3 is 11.9 Å². The lowest BCUT2D eigenvalue weighted by Crippen LogP contribution is -2.35. The molecule has 0 saturated carbocycles. The summed E-state index contributed by atoms with van der Waals surface area (Å²) in [5.41, 5.74) is -0.320. The van der Waals surface area contributed by atoms with Crippen molar-refractivity contribution in [2.24, 2.45) is 11.8 Å². The van der Waals surface area contributed by atoms with Gasteiger partial charge in [-0.2, -0.15) is 0 Å². The highest BCUT2D eigenvalue weighted by Crippen LogP contribution is 2.40. The van der Waals surface area contributed by atoms with Gasteiger partial charge in [-0.25, -0.2) is 0 Å². The molecular formula is C17H20O5. The SMILES string of the molecule is CCOC(=O)C1C(=O)OC(C)(C)C1CC(=O)c1ccccc1. The van der Waals surface area contributed by atoms with Crippen molar-refractivity contribution in [3.8, 4) is 0 Å². The third-order valence-electron chi connectivity index (χ3n) is 3.95. The molecule has 0 N–H and O–H groups in total. The monoisotopic (exact) mass is 304 g/mol. The molecule has 0 aromatic heterocycles. The number of ether oxygens (including phenoxy) is 2. The van der Waals surface area contributed by atoms with Crippen molar-refractivity contribution >= 4 is 17.7 Å². The number of carbonyl (C=O) groups is 3. The van der Waals surface area contributed by atoms with Crippen molar-refractivity contribution in [2.45, 2.75) is 32.8 Å². The molecule has 1 heterocycles. The normalized spacial score (nSPS) is 23.0. The van der Waals surface area contributed by atoms with E-state index in [2.05, 4.69) is 0 Å². The van der Waals surface area contributed by atoms with Crippen molar-refractivity contribution < 1.29 is 23.9 Å². The summed E-state index contributed by atoms with van der Waals surface area (Å²) in [5, 5.41) is 0. The van der Waals surface area contributed by atoms with Gasteiger partial charge in [0.15, 0.2) is 11.7 Å². The van der Waals surface area contributed by atoms with Gasteiger partial charge in [0.05, 0.1) is 6.61 Å². The molecule has 0 amide bonds. The van der Waals surface area contributed by atoms with E-state index in [1.54, 1.807) is 45.0 Å². The standard InChI is InChI=1S/C17H20O5/c1-4-21-15(19)14-12(17(2,3)22-16(14)20)10-13(18)11-8-6-5-7-9-11/h5-9,12,14H,4,10H2,1-3H3. The molecule has 1 fully saturated rings. The van der Waals surface area contributed by atoms with Gasteiger partial charge in [0.2, 0.25) is 0 Å². The number of hydrogen-bond donors (Lipinski definition) is 0. The Hall–Kier alpha value is -2.17. The summed E-state index contributed by atoms with van der Waals surface area (Å²) in [6, 6.07) is 8.80. The Balaban J connectivity index is 2.23. The molecule has 1 aromatic carbocycles. The number of benzene rings is 1. The minimum absolute atomic E-state index is 0.0617. The number of esters is 2. The Kier molecular flexibility index (Phi) is 4.64. The summed E-state index contributed by atoms with van der Waals surface area (Å²) < 4.78 is 10.2. The van der Waals surface area contributed by atoms with Gasteiger partial charge in [-0.05, 0) is 20.8 Å². The molecule has 1 aliphatic heterocycles. The fourth-order valence-electron chi connectivity index (χ4n) is 2.76. The zero-order valence-corrected chi connectivity index (χ0v) is 13.0. The van der Waals surface area contributed by atoms with Crippen LogP contribution in [0.2, 0.25) is 0 Å². The molecule has 5 heteroatoms. The zero-order valence-electron chi connectivity index (χ0n) is 13.0. The smallest absolute Gasteiger partial charge is 0.321 e. The molecule has 0 bridgehead atoms. The van der Waals surface area contributed by atoms with E-state index in [9.17, 15) is 14.4 Å². The van der Waals surface area contributed by atoms with Gasteiger partial charge in [-0.15, -0.1) is 0 Å². The topological polar surface area (TPSA) is 69.7 Å². The van der Waals surface area contributed by atoms with Crippen LogP contribution in [0.3, 0.4) is 0 Å². The molecule has 2 atom stereocenters. The number of carbonyl (C=O) groups excluding carboxylic acids is 3. The molecule has 2 rings (SSSR count). The highest BCUT2D eigenvalue weighted by Gasteiger charge is 2.54. The van der Waals surface area contributed by atoms with E-state index in [0.717, 1.165) is 0 Å². The minimum Gasteiger partial charge on any atom is -0.465 e. The van der Waals surface area contributed by atoms with Crippen LogP contribution in [0.5, 0.6) is 0 Å². The summed E-state index contributed by atoms with van der Waals surface area (Å²) in [6.45, 7) is 5.29. The van der Waals surface area contributed by atoms with Crippen molar-refractivity contribution in [3.05, 3.63) is 35.9 Å². The maximum absolute atomic E-state index is 12.4. The van der Waals surface area contributed by atoms with Crippen LogP contribution in [0.4, 0.5) is 0 Å². The Bertz CT molecular complexity index is 576. The highest BCUT2D eigenvalue weighted by atomic mass is 16.6. The highest BCUT2D eigenvalue weighted by molar-refractivity contribution is 6.00. The van der Waals surface area contributed by atoms with E-state index in [1.165, 1.54) is 0 Å². The van der Waals surface area contributed by atoms with Crippen LogP contribution in [-0.2, 0) is 19.1 Å². The molecule has 22 heavy (non-hydrogen) atoms. The van der Waals surface area contributed by atoms with Gasteiger partial charge in [-0.3, -0.25) is 14.4 Å². The molecular weight excluding hydrogens is 284 g/mol. The second-order valence-corrected chi connectivity index (χ2v) is 5.85. The fourth-order valence-corrected chi connectivity index (χ4v) is 2.76. The first-order valence-corrected chi connectivity index (χ1v) is 7.34. The molecule has 1 aliphatic rings. The van der Waals surface area contributed by atoms with Crippen LogP contribution in [0.1, 0.15) is 37.6 Å². The number of ketones is 1. The summed E-state index contributed by atoms with van der Waals surface area (Å²) >= 11 is 0. The average molecular weight is 304 g/mol. The molecule has 0 spiro atoms. The first kappa shape index (κ1) is 16.2. The van der Waals surface area contributed by atoms with Crippen LogP contribution in [0.25, 0.3) is 0 Å². The van der Waals surface area contributed by atoms with E-state index >= 15 is 0 Å². The second-order valence-electron chi connectivity index (χ2n) is 5.85. The Morgan fingerprint density at radius 1 is 1.23 bits per heavy atom. The van der Waals surface area contributed by atoms with Crippen LogP contribution >= 0.6 is 0 Å². The van der Waals surface area contributed by atoms with Crippen molar-refractivity contribution in [1.82, 2.24) is 0 Å². The number of Topliss-reactive ketones (excluding diaryl/α,β-unsaturated/α-hetero) is 1. The van der Waals surface area contributed by atoms with Crippen LogP contribution in [0.15, 0.2) is 30.3 Å². The molecule has 1 aromatic rings. The van der Waals surface area contributed by atoms with E-state index < -0.39 is 29.4 Å². The summed E-state index contributed by atoms with van der Waals surface area (Å²) in [7, 11) is 0. The maximum atomic E-state index is 12.4. The fraction of sp³-hybridized carbons (Fsp3) is 0.471. The van der Waals surface area contributed by atoms with E-state index in [1.807, 2.05) is 6.07 Å². The molecule has 0 aliphatic carbocycles. The molecule has 0 radical (unpaired) electrons. The van der Waals surface area contributed by atoms with Crippen LogP contribution in [-0.4, -0.2) is 29.9 Å². The summed E-state index contributed by atoms with van der Waals surface area (Å²) in [5.74, 6) is -2.93. The third-order valence-corrected chi connectivity index (χ3v) is 3.95. The lowest BCUT2D eigenvalue weighted by atomic mass is 9.79. The molecule has 2 unspecified atom stereocenters. The molecule has 5 nitrogen and oxygen atoms in total.